The second-order valence-electron chi connectivity index (χ2n) is 5.13. The first kappa shape index (κ1) is 14.4. The Morgan fingerprint density at radius 1 is 1.27 bits per heavy atom. The molecule has 1 aliphatic rings. The molecule has 0 aliphatic heterocycles. The summed E-state index contributed by atoms with van der Waals surface area (Å²) in [7, 11) is 0. The molecule has 112 valence electrons. The Bertz CT molecular complexity index is 955. The molecule has 0 N–H and O–H groups in total. The van der Waals surface area contributed by atoms with E-state index in [1.54, 1.807) is 13.0 Å². The maximum absolute atomic E-state index is 11.3. The number of aromatic nitrogens is 1. The Morgan fingerprint density at radius 2 is 2.00 bits per heavy atom. The highest BCUT2D eigenvalue weighted by Gasteiger charge is 2.26. The minimum absolute atomic E-state index is 0.0373. The maximum Gasteiger partial charge on any atom is 0.271 e. The van der Waals surface area contributed by atoms with Crippen LogP contribution in [-0.2, 0) is 0 Å². The lowest BCUT2D eigenvalue weighted by atomic mass is 9.96. The van der Waals surface area contributed by atoms with Gasteiger partial charge in [0.2, 0.25) is 0 Å². The van der Waals surface area contributed by atoms with Gasteiger partial charge in [0, 0.05) is 17.5 Å². The van der Waals surface area contributed by atoms with Crippen LogP contribution in [0.25, 0.3) is 22.7 Å². The number of halogens is 1. The zero-order valence-electron chi connectivity index (χ0n) is 11.4. The van der Waals surface area contributed by atoms with E-state index in [2.05, 4.69) is 4.98 Å². The number of non-ortho nitro benzene ring substituents is 1. The third-order valence-corrected chi connectivity index (χ3v) is 4.12. The lowest BCUT2D eigenvalue weighted by Crippen LogP contribution is -2.38. The van der Waals surface area contributed by atoms with Crippen LogP contribution in [0.15, 0.2) is 18.2 Å². The summed E-state index contributed by atoms with van der Waals surface area (Å²) in [5.41, 5.74) is 0.292. The number of hydrogen-bond acceptors (Lipinski definition) is 5. The number of hydrogen-bond donors (Lipinski definition) is 0. The molecule has 7 nitrogen and oxygen atoms in total. The van der Waals surface area contributed by atoms with Gasteiger partial charge < -0.3 is 0 Å². The van der Waals surface area contributed by atoms with Crippen LogP contribution in [0.1, 0.15) is 13.3 Å². The summed E-state index contributed by atoms with van der Waals surface area (Å²) >= 11 is 6.34. The van der Waals surface area contributed by atoms with E-state index in [1.807, 2.05) is 0 Å². The van der Waals surface area contributed by atoms with Gasteiger partial charge in [0.1, 0.15) is 0 Å². The number of rotatable bonds is 2. The average Bonchev–Trinajstić information content (AvgIpc) is 2.47. The molecule has 0 saturated carbocycles. The van der Waals surface area contributed by atoms with E-state index in [9.17, 15) is 20.2 Å². The maximum atomic E-state index is 11.3. The first-order valence-electron chi connectivity index (χ1n) is 6.52. The van der Waals surface area contributed by atoms with Crippen molar-refractivity contribution in [2.45, 2.75) is 13.3 Å². The average molecular weight is 320 g/mol. The van der Waals surface area contributed by atoms with Crippen molar-refractivity contribution in [2.75, 3.05) is 0 Å². The zero-order valence-corrected chi connectivity index (χ0v) is 12.2. The number of benzene rings is 1. The topological polar surface area (TPSA) is 99.2 Å². The molecule has 0 amide bonds. The molecule has 0 radical (unpaired) electrons. The van der Waals surface area contributed by atoms with E-state index in [4.69, 9.17) is 11.6 Å². The zero-order chi connectivity index (χ0) is 16.0. The Balaban J connectivity index is 2.49. The summed E-state index contributed by atoms with van der Waals surface area (Å²) in [6.45, 7) is 1.76. The summed E-state index contributed by atoms with van der Waals surface area (Å²) in [5, 5.41) is 23.6. The summed E-state index contributed by atoms with van der Waals surface area (Å²) < 4.78 is 0. The predicted octanol–water partition coefficient (Wildman–Crippen LogP) is 2.00. The highest BCUT2D eigenvalue weighted by atomic mass is 35.5. The molecule has 1 aromatic heterocycles. The van der Waals surface area contributed by atoms with Gasteiger partial charge in [-0.15, -0.1) is 0 Å². The lowest BCUT2D eigenvalue weighted by molar-refractivity contribution is -0.386. The largest absolute Gasteiger partial charge is 0.271 e. The third-order valence-electron chi connectivity index (χ3n) is 3.73. The van der Waals surface area contributed by atoms with Gasteiger partial charge in [-0.3, -0.25) is 20.2 Å². The van der Waals surface area contributed by atoms with E-state index in [1.165, 1.54) is 18.2 Å². The summed E-state index contributed by atoms with van der Waals surface area (Å²) in [6, 6.07) is 4.10. The van der Waals surface area contributed by atoms with Gasteiger partial charge in [-0.05, 0) is 12.5 Å². The van der Waals surface area contributed by atoms with Crippen LogP contribution >= 0.6 is 11.6 Å². The SMILES string of the molecule is CC1CC=c2nc3cc([N+](=O)[O-])ccc3c(Cl)c2=C1[N+](=O)[O-]. The minimum Gasteiger partial charge on any atom is -0.259 e. The van der Waals surface area contributed by atoms with Crippen molar-refractivity contribution in [1.29, 1.82) is 0 Å². The van der Waals surface area contributed by atoms with Crippen LogP contribution in [0.3, 0.4) is 0 Å². The van der Waals surface area contributed by atoms with E-state index < -0.39 is 9.85 Å². The molecule has 0 saturated heterocycles. The van der Waals surface area contributed by atoms with E-state index in [-0.39, 0.29) is 22.3 Å². The van der Waals surface area contributed by atoms with Crippen molar-refractivity contribution in [3.05, 3.63) is 54.0 Å². The van der Waals surface area contributed by atoms with Crippen LogP contribution in [-0.4, -0.2) is 14.8 Å². The van der Waals surface area contributed by atoms with Gasteiger partial charge in [-0.2, -0.15) is 0 Å². The fourth-order valence-corrected chi connectivity index (χ4v) is 3.01. The van der Waals surface area contributed by atoms with Crippen molar-refractivity contribution in [3.8, 4) is 0 Å². The van der Waals surface area contributed by atoms with Crippen molar-refractivity contribution in [2.24, 2.45) is 5.92 Å². The van der Waals surface area contributed by atoms with E-state index in [0.29, 0.717) is 27.9 Å². The van der Waals surface area contributed by atoms with E-state index >= 15 is 0 Å². The monoisotopic (exact) mass is 319 g/mol. The Hall–Kier alpha value is -2.54. The Kier molecular flexibility index (Phi) is 3.29. The fourth-order valence-electron chi connectivity index (χ4n) is 2.65. The van der Waals surface area contributed by atoms with Crippen LogP contribution in [0.4, 0.5) is 5.69 Å². The van der Waals surface area contributed by atoms with Crippen molar-refractivity contribution >= 4 is 40.0 Å². The van der Waals surface area contributed by atoms with E-state index in [0.717, 1.165) is 0 Å². The molecular formula is C14H10ClN3O4. The second kappa shape index (κ2) is 5.03. The van der Waals surface area contributed by atoms with Gasteiger partial charge in [-0.1, -0.05) is 24.6 Å². The number of fused-ring (bicyclic) bond motifs is 2. The standard InChI is InChI=1S/C14H10ClN3O4/c1-7-2-5-10-12(14(7)18(21)22)13(15)9-4-3-8(17(19)20)6-11(9)16-10/h3-7H,2H2,1H3. The molecule has 3 rings (SSSR count). The van der Waals surface area contributed by atoms with Crippen LogP contribution in [0, 0.1) is 26.1 Å². The van der Waals surface area contributed by atoms with Gasteiger partial charge >= 0.3 is 0 Å². The minimum atomic E-state index is -0.519. The van der Waals surface area contributed by atoms with Crippen LogP contribution in [0.5, 0.6) is 0 Å². The molecule has 2 aromatic rings. The molecule has 0 fully saturated rings. The van der Waals surface area contributed by atoms with Crippen molar-refractivity contribution in [3.63, 3.8) is 0 Å². The fraction of sp³-hybridized carbons (Fsp3) is 0.214. The van der Waals surface area contributed by atoms with Gasteiger partial charge in [0.25, 0.3) is 11.4 Å². The van der Waals surface area contributed by atoms with Crippen LogP contribution < -0.4 is 10.6 Å². The number of pyridine rings is 1. The Labute approximate surface area is 128 Å². The van der Waals surface area contributed by atoms with Gasteiger partial charge in [0.15, 0.2) is 0 Å². The van der Waals surface area contributed by atoms with Crippen molar-refractivity contribution in [1.82, 2.24) is 4.98 Å². The molecular weight excluding hydrogens is 310 g/mol. The highest BCUT2D eigenvalue weighted by molar-refractivity contribution is 6.35. The highest BCUT2D eigenvalue weighted by Crippen LogP contribution is 2.25. The van der Waals surface area contributed by atoms with Crippen LogP contribution in [0.2, 0.25) is 5.02 Å². The number of nitrogens with zero attached hydrogens (tertiary/aromatic N) is 3. The second-order valence-corrected chi connectivity index (χ2v) is 5.51. The molecule has 8 heteroatoms. The molecule has 1 aliphatic carbocycles. The number of nitro groups is 2. The van der Waals surface area contributed by atoms with Crippen molar-refractivity contribution < 1.29 is 9.85 Å². The summed E-state index contributed by atoms with van der Waals surface area (Å²) in [6.07, 6.45) is 2.25. The van der Waals surface area contributed by atoms with Gasteiger partial charge in [-0.25, -0.2) is 4.98 Å². The molecule has 1 unspecified atom stereocenters. The smallest absolute Gasteiger partial charge is 0.259 e. The summed E-state index contributed by atoms with van der Waals surface area (Å²) in [4.78, 5) is 25.6. The Morgan fingerprint density at radius 3 is 2.64 bits per heavy atom. The molecule has 0 bridgehead atoms. The molecule has 1 heterocycles. The lowest BCUT2D eigenvalue weighted by Gasteiger charge is -2.12. The molecule has 0 spiro atoms. The third kappa shape index (κ3) is 2.10. The number of nitro benzene ring substituents is 1. The summed E-state index contributed by atoms with van der Waals surface area (Å²) in [5.74, 6) is -0.266. The first-order valence-corrected chi connectivity index (χ1v) is 6.90. The predicted molar refractivity (Wildman–Crippen MR) is 81.3 cm³/mol. The van der Waals surface area contributed by atoms with Gasteiger partial charge in [0.05, 0.1) is 36.9 Å². The quantitative estimate of drug-likeness (QED) is 0.622. The molecule has 1 atom stereocenters. The normalized spacial score (nSPS) is 17.0. The molecule has 1 aromatic carbocycles. The first-order chi connectivity index (χ1) is 10.4. The molecule has 22 heavy (non-hydrogen) atoms.